The molecule has 3 N–H and O–H groups in total. The average molecular weight is 380 g/mol. The zero-order chi connectivity index (χ0) is 20.1. The molecule has 7 nitrogen and oxygen atoms in total. The molecule has 2 aliphatic heterocycles. The van der Waals surface area contributed by atoms with E-state index in [0.29, 0.717) is 0 Å². The van der Waals surface area contributed by atoms with Crippen molar-refractivity contribution in [2.24, 2.45) is 21.6 Å². The van der Waals surface area contributed by atoms with Gasteiger partial charge in [0.05, 0.1) is 24.6 Å². The summed E-state index contributed by atoms with van der Waals surface area (Å²) in [6.07, 6.45) is 7.16. The maximum absolute atomic E-state index is 7.71. The molecular weight excluding hydrogens is 352 g/mol. The molecule has 0 aromatic carbocycles. The molecule has 0 bridgehead atoms. The monoisotopic (exact) mass is 380 g/mol. The number of morpholine rings is 1. The molecule has 0 spiro atoms. The number of pyridine rings is 1. The number of hydrogen-bond donors (Lipinski definition) is 2. The third-order valence-electron chi connectivity index (χ3n) is 5.18. The molecule has 0 saturated carbocycles. The van der Waals surface area contributed by atoms with E-state index in [1.165, 1.54) is 6.21 Å². The second-order valence-corrected chi connectivity index (χ2v) is 6.85. The van der Waals surface area contributed by atoms with Crippen LogP contribution >= 0.6 is 0 Å². The van der Waals surface area contributed by atoms with Gasteiger partial charge >= 0.3 is 0 Å². The first-order valence-corrected chi connectivity index (χ1v) is 9.55. The Balaban J connectivity index is 1.88. The summed E-state index contributed by atoms with van der Waals surface area (Å²) in [6.45, 7) is 6.99. The van der Waals surface area contributed by atoms with Crippen LogP contribution in [0.15, 0.2) is 51.7 Å². The molecule has 0 radical (unpaired) electrons. The molecule has 28 heavy (non-hydrogen) atoms. The lowest BCUT2D eigenvalue weighted by molar-refractivity contribution is 0.122. The number of nitrogens with one attached hydrogen (secondary N) is 1. The largest absolute Gasteiger partial charge is 0.378 e. The van der Waals surface area contributed by atoms with Crippen molar-refractivity contribution in [1.29, 1.82) is 5.41 Å². The van der Waals surface area contributed by atoms with Gasteiger partial charge in [0.25, 0.3) is 0 Å². The molecular formula is C21H28N6O. The van der Waals surface area contributed by atoms with E-state index in [-0.39, 0.29) is 12.0 Å². The van der Waals surface area contributed by atoms with E-state index in [2.05, 4.69) is 25.9 Å². The molecule has 1 aromatic heterocycles. The van der Waals surface area contributed by atoms with Gasteiger partial charge < -0.3 is 20.8 Å². The molecule has 7 heteroatoms. The second-order valence-electron chi connectivity index (χ2n) is 6.85. The SMILES string of the molecule is CC=C1N=C(c2ccnc(N3CCOCC3)c2)/C1=C/C(N)C(C=N)C(C)=NC. The fraction of sp³-hybridized carbons (Fsp3) is 0.429. The van der Waals surface area contributed by atoms with Crippen molar-refractivity contribution in [3.63, 3.8) is 0 Å². The van der Waals surface area contributed by atoms with Crippen molar-refractivity contribution in [3.05, 3.63) is 47.3 Å². The van der Waals surface area contributed by atoms with Crippen LogP contribution in [0.25, 0.3) is 0 Å². The molecule has 0 amide bonds. The summed E-state index contributed by atoms with van der Waals surface area (Å²) in [6, 6.07) is 3.71. The van der Waals surface area contributed by atoms with Crippen LogP contribution in [0.1, 0.15) is 19.4 Å². The first kappa shape index (κ1) is 20.1. The average Bonchev–Trinajstić information content (AvgIpc) is 2.73. The lowest BCUT2D eigenvalue weighted by Crippen LogP contribution is -2.37. The second kappa shape index (κ2) is 9.03. The van der Waals surface area contributed by atoms with Gasteiger partial charge in [-0.05, 0) is 26.0 Å². The maximum Gasteiger partial charge on any atom is 0.129 e. The van der Waals surface area contributed by atoms with E-state index in [1.807, 2.05) is 38.3 Å². The first-order valence-electron chi connectivity index (χ1n) is 9.55. The van der Waals surface area contributed by atoms with Crippen LogP contribution < -0.4 is 10.6 Å². The van der Waals surface area contributed by atoms with E-state index in [9.17, 15) is 0 Å². The molecule has 2 aliphatic rings. The summed E-state index contributed by atoms with van der Waals surface area (Å²) in [5.74, 6) is 0.714. The minimum atomic E-state index is -0.336. The van der Waals surface area contributed by atoms with Crippen molar-refractivity contribution in [3.8, 4) is 0 Å². The Morgan fingerprint density at radius 2 is 2.14 bits per heavy atom. The van der Waals surface area contributed by atoms with Crippen molar-refractivity contribution >= 4 is 23.5 Å². The van der Waals surface area contributed by atoms with E-state index in [0.717, 1.165) is 60.4 Å². The quantitative estimate of drug-likeness (QED) is 0.739. The van der Waals surface area contributed by atoms with Gasteiger partial charge in [-0.1, -0.05) is 12.2 Å². The third kappa shape index (κ3) is 4.10. The number of rotatable bonds is 6. The third-order valence-corrected chi connectivity index (χ3v) is 5.18. The van der Waals surface area contributed by atoms with Gasteiger partial charge in [0.2, 0.25) is 0 Å². The van der Waals surface area contributed by atoms with Crippen molar-refractivity contribution in [2.45, 2.75) is 19.9 Å². The molecule has 3 rings (SSSR count). The van der Waals surface area contributed by atoms with Crippen LogP contribution in [0, 0.1) is 11.3 Å². The number of aliphatic imine (C=N–C) groups is 2. The molecule has 2 unspecified atom stereocenters. The van der Waals surface area contributed by atoms with Gasteiger partial charge in [-0.25, -0.2) is 9.98 Å². The smallest absolute Gasteiger partial charge is 0.129 e. The van der Waals surface area contributed by atoms with Gasteiger partial charge in [-0.3, -0.25) is 4.99 Å². The van der Waals surface area contributed by atoms with Gasteiger partial charge in [0.1, 0.15) is 5.82 Å². The van der Waals surface area contributed by atoms with Crippen LogP contribution in [0.3, 0.4) is 0 Å². The maximum atomic E-state index is 7.71. The zero-order valence-corrected chi connectivity index (χ0v) is 16.7. The van der Waals surface area contributed by atoms with E-state index < -0.39 is 0 Å². The molecule has 1 saturated heterocycles. The number of anilines is 1. The Bertz CT molecular complexity index is 848. The highest BCUT2D eigenvalue weighted by Gasteiger charge is 2.27. The number of aromatic nitrogens is 1. The highest BCUT2D eigenvalue weighted by Crippen LogP contribution is 2.31. The van der Waals surface area contributed by atoms with Crippen LogP contribution in [-0.2, 0) is 4.74 Å². The van der Waals surface area contributed by atoms with Crippen LogP contribution in [0.2, 0.25) is 0 Å². The van der Waals surface area contributed by atoms with Crippen molar-refractivity contribution < 1.29 is 4.74 Å². The predicted octanol–water partition coefficient (Wildman–Crippen LogP) is 2.23. The minimum absolute atomic E-state index is 0.223. The summed E-state index contributed by atoms with van der Waals surface area (Å²) in [4.78, 5) is 15.6. The predicted molar refractivity (Wildman–Crippen MR) is 115 cm³/mol. The molecule has 1 fully saturated rings. The Morgan fingerprint density at radius 1 is 1.39 bits per heavy atom. The van der Waals surface area contributed by atoms with Crippen molar-refractivity contribution in [2.75, 3.05) is 38.3 Å². The van der Waals surface area contributed by atoms with Gasteiger partial charge in [0, 0.05) is 61.4 Å². The Labute approximate surface area is 166 Å². The number of nitrogens with zero attached hydrogens (tertiary/aromatic N) is 4. The summed E-state index contributed by atoms with van der Waals surface area (Å²) in [7, 11) is 1.73. The zero-order valence-electron chi connectivity index (χ0n) is 16.7. The fourth-order valence-corrected chi connectivity index (χ4v) is 3.40. The normalized spacial score (nSPS) is 22.6. The molecule has 1 aromatic rings. The number of nitrogens with two attached hydrogens (primary N) is 1. The highest BCUT2D eigenvalue weighted by atomic mass is 16.5. The van der Waals surface area contributed by atoms with Gasteiger partial charge in [-0.15, -0.1) is 0 Å². The lowest BCUT2D eigenvalue weighted by atomic mass is 9.88. The Kier molecular flexibility index (Phi) is 6.49. The van der Waals surface area contributed by atoms with Crippen LogP contribution in [0.4, 0.5) is 5.82 Å². The molecule has 3 heterocycles. The Hall–Kier alpha value is -2.64. The standard InChI is InChI=1S/C21H28N6O/c1-4-19-16(12-18(23)17(13-22)14(2)24-3)21(26-19)15-5-6-25-20(11-15)27-7-9-28-10-8-27/h4-6,11-13,17-18,22H,7-10,23H2,1-3H3/b16-12+,19-4?,22-13?,24-14?. The van der Waals surface area contributed by atoms with Crippen LogP contribution in [0.5, 0.6) is 0 Å². The Morgan fingerprint density at radius 3 is 2.79 bits per heavy atom. The van der Waals surface area contributed by atoms with Gasteiger partial charge in [-0.2, -0.15) is 0 Å². The lowest BCUT2D eigenvalue weighted by Gasteiger charge is -2.29. The highest BCUT2D eigenvalue weighted by molar-refractivity contribution is 6.21. The first-order chi connectivity index (χ1) is 13.6. The summed E-state index contributed by atoms with van der Waals surface area (Å²) < 4.78 is 5.43. The topological polar surface area (TPSA) is 100.0 Å². The van der Waals surface area contributed by atoms with Crippen LogP contribution in [-0.4, -0.2) is 62.0 Å². The number of ether oxygens (including phenoxy) is 1. The van der Waals surface area contributed by atoms with E-state index in [1.54, 1.807) is 7.05 Å². The molecule has 148 valence electrons. The van der Waals surface area contributed by atoms with E-state index in [4.69, 9.17) is 15.9 Å². The fourth-order valence-electron chi connectivity index (χ4n) is 3.40. The number of hydrogen-bond acceptors (Lipinski definition) is 7. The number of allylic oxidation sites excluding steroid dienone is 2. The minimum Gasteiger partial charge on any atom is -0.378 e. The summed E-state index contributed by atoms with van der Waals surface area (Å²) in [5, 5.41) is 7.71. The summed E-state index contributed by atoms with van der Waals surface area (Å²) >= 11 is 0. The molecule has 0 aliphatic carbocycles. The van der Waals surface area contributed by atoms with Gasteiger partial charge in [0.15, 0.2) is 0 Å². The summed E-state index contributed by atoms with van der Waals surface area (Å²) in [5.41, 5.74) is 11.1. The van der Waals surface area contributed by atoms with E-state index >= 15 is 0 Å². The molecule has 2 atom stereocenters. The van der Waals surface area contributed by atoms with Crippen molar-refractivity contribution in [1.82, 2.24) is 4.98 Å².